The van der Waals surface area contributed by atoms with Gasteiger partial charge in [-0.3, -0.25) is 4.79 Å². The topological polar surface area (TPSA) is 29.1 Å². The van der Waals surface area contributed by atoms with Gasteiger partial charge < -0.3 is 5.32 Å². The highest BCUT2D eigenvalue weighted by molar-refractivity contribution is 5.78. The van der Waals surface area contributed by atoms with Crippen LogP contribution in [0.25, 0.3) is 0 Å². The van der Waals surface area contributed by atoms with Crippen LogP contribution in [-0.2, 0) is 17.4 Å². The van der Waals surface area contributed by atoms with Crippen molar-refractivity contribution in [2.45, 2.75) is 12.6 Å². The number of nitrogens with one attached hydrogen (secondary N) is 1. The Morgan fingerprint density at radius 3 is 2.38 bits per heavy atom. The molecular weight excluding hydrogens is 322 g/mol. The molecule has 6 heteroatoms. The van der Waals surface area contributed by atoms with Gasteiger partial charge in [-0.15, -0.1) is 0 Å². The second-order valence-corrected chi connectivity index (χ2v) is 4.93. The van der Waals surface area contributed by atoms with Gasteiger partial charge in [0.15, 0.2) is 0 Å². The highest BCUT2D eigenvalue weighted by Gasteiger charge is 2.32. The van der Waals surface area contributed by atoms with Gasteiger partial charge in [0.2, 0.25) is 5.91 Å². The number of carbonyl (C=O) groups excluding carboxylic acids is 1. The molecule has 0 bridgehead atoms. The van der Waals surface area contributed by atoms with Crippen molar-refractivity contribution in [1.82, 2.24) is 5.32 Å². The van der Waals surface area contributed by atoms with E-state index in [2.05, 4.69) is 17.2 Å². The molecule has 2 aromatic rings. The molecule has 0 radical (unpaired) electrons. The maximum absolute atomic E-state index is 12.8. The summed E-state index contributed by atoms with van der Waals surface area (Å²) in [6.07, 6.45) is -4.43. The Morgan fingerprint density at radius 2 is 1.71 bits per heavy atom. The van der Waals surface area contributed by atoms with Gasteiger partial charge in [0, 0.05) is 5.56 Å². The molecule has 0 heterocycles. The summed E-state index contributed by atoms with van der Waals surface area (Å²) < 4.78 is 51.1. The monoisotopic (exact) mass is 335 g/mol. The van der Waals surface area contributed by atoms with Crippen molar-refractivity contribution in [2.24, 2.45) is 0 Å². The molecule has 0 aliphatic carbocycles. The number of carbonyl (C=O) groups is 1. The van der Waals surface area contributed by atoms with E-state index in [1.165, 1.54) is 42.5 Å². The molecule has 0 saturated heterocycles. The Morgan fingerprint density at radius 1 is 1.04 bits per heavy atom. The molecule has 0 unspecified atom stereocenters. The Hall–Kier alpha value is -2.81. The smallest absolute Gasteiger partial charge is 0.345 e. The lowest BCUT2D eigenvalue weighted by molar-refractivity contribution is -0.137. The molecule has 0 aromatic heterocycles. The Labute approximate surface area is 136 Å². The quantitative estimate of drug-likeness (QED) is 0.674. The fourth-order valence-corrected chi connectivity index (χ4v) is 1.97. The number of benzene rings is 2. The van der Waals surface area contributed by atoms with E-state index in [1.807, 2.05) is 0 Å². The SMILES string of the molecule is O=C(Cc1ccc(F)cc1)NCC#Cc1ccccc1C(F)(F)F. The van der Waals surface area contributed by atoms with Crippen molar-refractivity contribution < 1.29 is 22.4 Å². The predicted molar refractivity (Wildman–Crippen MR) is 81.4 cm³/mol. The molecule has 0 aliphatic heterocycles. The molecule has 2 rings (SSSR count). The van der Waals surface area contributed by atoms with Crippen molar-refractivity contribution in [3.63, 3.8) is 0 Å². The second-order valence-electron chi connectivity index (χ2n) is 4.93. The first kappa shape index (κ1) is 17.5. The zero-order chi connectivity index (χ0) is 17.6. The first-order chi connectivity index (χ1) is 11.4. The molecule has 0 atom stereocenters. The molecule has 1 amide bonds. The van der Waals surface area contributed by atoms with E-state index in [0.717, 1.165) is 6.07 Å². The minimum absolute atomic E-state index is 0.0428. The number of hydrogen-bond acceptors (Lipinski definition) is 1. The van der Waals surface area contributed by atoms with Crippen LogP contribution in [0.5, 0.6) is 0 Å². The van der Waals surface area contributed by atoms with Crippen molar-refractivity contribution >= 4 is 5.91 Å². The summed E-state index contributed by atoms with van der Waals surface area (Å²) in [6, 6.07) is 10.4. The fourth-order valence-electron chi connectivity index (χ4n) is 1.97. The van der Waals surface area contributed by atoms with Crippen molar-refractivity contribution in [2.75, 3.05) is 6.54 Å². The third kappa shape index (κ3) is 5.13. The molecule has 24 heavy (non-hydrogen) atoms. The molecule has 0 fully saturated rings. The number of rotatable bonds is 3. The van der Waals surface area contributed by atoms with Crippen LogP contribution in [0.1, 0.15) is 16.7 Å². The van der Waals surface area contributed by atoms with E-state index in [0.29, 0.717) is 5.56 Å². The number of amides is 1. The van der Waals surface area contributed by atoms with Crippen LogP contribution in [-0.4, -0.2) is 12.5 Å². The van der Waals surface area contributed by atoms with Crippen LogP contribution < -0.4 is 5.32 Å². The Balaban J connectivity index is 1.92. The normalized spacial score (nSPS) is 10.7. The van der Waals surface area contributed by atoms with Crippen molar-refractivity contribution in [3.8, 4) is 11.8 Å². The van der Waals surface area contributed by atoms with Gasteiger partial charge >= 0.3 is 6.18 Å². The average molecular weight is 335 g/mol. The second kappa shape index (κ2) is 7.64. The molecule has 2 aromatic carbocycles. The van der Waals surface area contributed by atoms with E-state index in [4.69, 9.17) is 0 Å². The van der Waals surface area contributed by atoms with Crippen LogP contribution in [0.3, 0.4) is 0 Å². The van der Waals surface area contributed by atoms with Crippen molar-refractivity contribution in [1.29, 1.82) is 0 Å². The lowest BCUT2D eigenvalue weighted by Crippen LogP contribution is -2.25. The molecule has 0 aliphatic rings. The summed E-state index contributed by atoms with van der Waals surface area (Å²) in [5.41, 5.74) is -0.322. The Bertz CT molecular complexity index is 770. The van der Waals surface area contributed by atoms with Gasteiger partial charge in [0.25, 0.3) is 0 Å². The van der Waals surface area contributed by atoms with Crippen LogP contribution in [0.15, 0.2) is 48.5 Å². The van der Waals surface area contributed by atoms with Crippen molar-refractivity contribution in [3.05, 3.63) is 71.0 Å². The van der Waals surface area contributed by atoms with E-state index in [1.54, 1.807) is 0 Å². The number of halogens is 4. The molecule has 2 nitrogen and oxygen atoms in total. The standard InChI is InChI=1S/C18H13F4NO/c19-15-9-7-13(8-10-15)12-17(24)23-11-3-5-14-4-1-2-6-16(14)18(20,21)22/h1-2,4,6-10H,11-12H2,(H,23,24). The minimum atomic E-state index is -4.48. The maximum atomic E-state index is 12.8. The van der Waals surface area contributed by atoms with Crippen LogP contribution in [0.2, 0.25) is 0 Å². The lowest BCUT2D eigenvalue weighted by Gasteiger charge is -2.08. The molecule has 0 spiro atoms. The fraction of sp³-hybridized carbons (Fsp3) is 0.167. The summed E-state index contributed by atoms with van der Waals surface area (Å²) in [4.78, 5) is 11.7. The van der Waals surface area contributed by atoms with Gasteiger partial charge in [0.05, 0.1) is 18.5 Å². The van der Waals surface area contributed by atoms with E-state index in [9.17, 15) is 22.4 Å². The number of alkyl halides is 3. The lowest BCUT2D eigenvalue weighted by atomic mass is 10.1. The van der Waals surface area contributed by atoms with Crippen LogP contribution in [0.4, 0.5) is 17.6 Å². The van der Waals surface area contributed by atoms with Gasteiger partial charge in [-0.25, -0.2) is 4.39 Å². The van der Waals surface area contributed by atoms with Gasteiger partial charge in [0.1, 0.15) is 5.82 Å². The molecule has 124 valence electrons. The summed E-state index contributed by atoms with van der Waals surface area (Å²) >= 11 is 0. The zero-order valence-corrected chi connectivity index (χ0v) is 12.5. The third-order valence-electron chi connectivity index (χ3n) is 3.11. The molecule has 1 N–H and O–H groups in total. The highest BCUT2D eigenvalue weighted by Crippen LogP contribution is 2.31. The zero-order valence-electron chi connectivity index (χ0n) is 12.5. The first-order valence-corrected chi connectivity index (χ1v) is 7.02. The third-order valence-corrected chi connectivity index (χ3v) is 3.11. The first-order valence-electron chi connectivity index (χ1n) is 7.02. The minimum Gasteiger partial charge on any atom is -0.345 e. The largest absolute Gasteiger partial charge is 0.417 e. The van der Waals surface area contributed by atoms with E-state index < -0.39 is 17.6 Å². The highest BCUT2D eigenvalue weighted by atomic mass is 19.4. The number of hydrogen-bond donors (Lipinski definition) is 1. The van der Waals surface area contributed by atoms with Crippen LogP contribution >= 0.6 is 0 Å². The van der Waals surface area contributed by atoms with Crippen LogP contribution in [0, 0.1) is 17.7 Å². The summed E-state index contributed by atoms with van der Waals surface area (Å²) in [6.45, 7) is -0.0772. The van der Waals surface area contributed by atoms with Gasteiger partial charge in [-0.05, 0) is 29.8 Å². The molecular formula is C18H13F4NO. The maximum Gasteiger partial charge on any atom is 0.417 e. The Kier molecular flexibility index (Phi) is 5.59. The summed E-state index contributed by atoms with van der Waals surface area (Å²) in [7, 11) is 0. The molecule has 0 saturated carbocycles. The van der Waals surface area contributed by atoms with E-state index in [-0.39, 0.29) is 24.4 Å². The summed E-state index contributed by atoms with van der Waals surface area (Å²) in [5.74, 6) is 4.17. The average Bonchev–Trinajstić information content (AvgIpc) is 2.53. The van der Waals surface area contributed by atoms with Gasteiger partial charge in [-0.2, -0.15) is 13.2 Å². The van der Waals surface area contributed by atoms with Gasteiger partial charge in [-0.1, -0.05) is 36.1 Å². The van der Waals surface area contributed by atoms with E-state index >= 15 is 0 Å². The summed E-state index contributed by atoms with van der Waals surface area (Å²) in [5, 5.41) is 2.49. The predicted octanol–water partition coefficient (Wildman–Crippen LogP) is 3.55.